The second-order valence-electron chi connectivity index (χ2n) is 4.64. The number of allylic oxidation sites excluding steroid dienone is 4. The van der Waals surface area contributed by atoms with E-state index in [1.54, 1.807) is 13.4 Å². The molecular weight excluding hydrogens is 172 g/mol. The van der Waals surface area contributed by atoms with Crippen LogP contribution in [0.25, 0.3) is 0 Å². The van der Waals surface area contributed by atoms with E-state index < -0.39 is 0 Å². The van der Waals surface area contributed by atoms with Gasteiger partial charge >= 0.3 is 0 Å². The summed E-state index contributed by atoms with van der Waals surface area (Å²) >= 11 is 0. The highest BCUT2D eigenvalue weighted by atomic mass is 16.5. The Labute approximate surface area is 88.2 Å². The molecule has 0 saturated carbocycles. The minimum Gasteiger partial charge on any atom is -0.504 e. The average Bonchev–Trinajstić information content (AvgIpc) is 2.08. The van der Waals surface area contributed by atoms with Crippen molar-refractivity contribution in [3.8, 4) is 0 Å². The van der Waals surface area contributed by atoms with Crippen molar-refractivity contribution in [3.63, 3.8) is 0 Å². The summed E-state index contributed by atoms with van der Waals surface area (Å²) in [5.74, 6) is 0. The van der Waals surface area contributed by atoms with E-state index in [0.29, 0.717) is 5.41 Å². The number of hydrogen-bond acceptors (Lipinski definition) is 1. The lowest BCUT2D eigenvalue weighted by atomic mass is 9.89. The lowest BCUT2D eigenvalue weighted by Crippen LogP contribution is -2.04. The highest BCUT2D eigenvalue weighted by Crippen LogP contribution is 2.23. The number of ether oxygens (including phenoxy) is 1. The monoisotopic (exact) mass is 194 g/mol. The van der Waals surface area contributed by atoms with Gasteiger partial charge in [-0.15, -0.1) is 0 Å². The zero-order valence-electron chi connectivity index (χ0n) is 9.84. The molecule has 80 valence electrons. The average molecular weight is 194 g/mol. The Morgan fingerprint density at radius 3 is 2.43 bits per heavy atom. The first kappa shape index (κ1) is 13.0. The van der Waals surface area contributed by atoms with E-state index >= 15 is 0 Å². The van der Waals surface area contributed by atoms with Crippen molar-refractivity contribution in [3.05, 3.63) is 36.6 Å². The van der Waals surface area contributed by atoms with Crippen molar-refractivity contribution in [1.82, 2.24) is 0 Å². The van der Waals surface area contributed by atoms with Gasteiger partial charge in [-0.1, -0.05) is 45.1 Å². The van der Waals surface area contributed by atoms with Crippen LogP contribution in [-0.4, -0.2) is 7.11 Å². The molecular formula is C13H22O. The molecule has 0 aliphatic rings. The van der Waals surface area contributed by atoms with Gasteiger partial charge in [-0.25, -0.2) is 0 Å². The van der Waals surface area contributed by atoms with Crippen molar-refractivity contribution in [2.75, 3.05) is 7.11 Å². The molecule has 0 aromatic heterocycles. The highest BCUT2D eigenvalue weighted by Gasteiger charge is 2.09. The van der Waals surface area contributed by atoms with Crippen LogP contribution in [0.15, 0.2) is 36.6 Å². The molecule has 0 aliphatic carbocycles. The molecule has 0 saturated heterocycles. The first-order valence-electron chi connectivity index (χ1n) is 4.99. The Kier molecular flexibility index (Phi) is 6.02. The van der Waals surface area contributed by atoms with Gasteiger partial charge in [0.25, 0.3) is 0 Å². The Balaban J connectivity index is 3.76. The second kappa shape index (κ2) is 6.47. The molecule has 0 bridgehead atoms. The maximum absolute atomic E-state index is 4.78. The normalized spacial score (nSPS) is 12.6. The van der Waals surface area contributed by atoms with Crippen LogP contribution >= 0.6 is 0 Å². The van der Waals surface area contributed by atoms with Crippen molar-refractivity contribution < 1.29 is 4.74 Å². The molecule has 1 heteroatoms. The fraction of sp³-hybridized carbons (Fsp3) is 0.538. The topological polar surface area (TPSA) is 9.23 Å². The molecule has 0 rings (SSSR count). The molecule has 0 heterocycles. The van der Waals surface area contributed by atoms with Crippen LogP contribution in [0.5, 0.6) is 0 Å². The molecule has 0 amide bonds. The predicted molar refractivity (Wildman–Crippen MR) is 63.1 cm³/mol. The minimum atomic E-state index is 0.388. The summed E-state index contributed by atoms with van der Waals surface area (Å²) in [6.07, 6.45) is 9.72. The number of hydrogen-bond donors (Lipinski definition) is 0. The summed E-state index contributed by atoms with van der Waals surface area (Å²) < 4.78 is 4.78. The molecule has 0 N–H and O–H groups in total. The van der Waals surface area contributed by atoms with Crippen LogP contribution in [-0.2, 0) is 4.74 Å². The molecule has 0 aromatic carbocycles. The van der Waals surface area contributed by atoms with E-state index in [1.165, 1.54) is 12.0 Å². The third kappa shape index (κ3) is 9.11. The molecule has 0 fully saturated rings. The third-order valence-electron chi connectivity index (χ3n) is 1.85. The van der Waals surface area contributed by atoms with Crippen LogP contribution in [0, 0.1) is 5.41 Å². The molecule has 0 aromatic rings. The summed E-state index contributed by atoms with van der Waals surface area (Å²) in [6.45, 7) is 10.7. The number of methoxy groups -OCH3 is 1. The minimum absolute atomic E-state index is 0.388. The molecule has 0 radical (unpaired) electrons. The fourth-order valence-corrected chi connectivity index (χ4v) is 0.934. The van der Waals surface area contributed by atoms with Crippen molar-refractivity contribution >= 4 is 0 Å². The van der Waals surface area contributed by atoms with Crippen LogP contribution in [0.1, 0.15) is 33.6 Å². The Hall–Kier alpha value is -0.980. The van der Waals surface area contributed by atoms with E-state index in [4.69, 9.17) is 4.74 Å². The van der Waals surface area contributed by atoms with Crippen molar-refractivity contribution in [2.24, 2.45) is 5.41 Å². The van der Waals surface area contributed by atoms with E-state index in [-0.39, 0.29) is 0 Å². The van der Waals surface area contributed by atoms with Crippen LogP contribution in [0.4, 0.5) is 0 Å². The lowest BCUT2D eigenvalue weighted by Gasteiger charge is -2.17. The van der Waals surface area contributed by atoms with E-state index in [1.807, 2.05) is 18.2 Å². The first-order chi connectivity index (χ1) is 6.45. The van der Waals surface area contributed by atoms with E-state index in [9.17, 15) is 0 Å². The van der Waals surface area contributed by atoms with Gasteiger partial charge in [-0.2, -0.15) is 0 Å². The van der Waals surface area contributed by atoms with Gasteiger partial charge in [-0.3, -0.25) is 0 Å². The zero-order chi connectivity index (χ0) is 11.0. The highest BCUT2D eigenvalue weighted by molar-refractivity contribution is 5.18. The molecule has 0 atom stereocenters. The maximum Gasteiger partial charge on any atom is 0.0824 e. The Bertz CT molecular complexity index is 216. The molecule has 14 heavy (non-hydrogen) atoms. The zero-order valence-corrected chi connectivity index (χ0v) is 9.84. The third-order valence-corrected chi connectivity index (χ3v) is 1.85. The smallest absolute Gasteiger partial charge is 0.0824 e. The quantitative estimate of drug-likeness (QED) is 0.473. The maximum atomic E-state index is 4.78. The van der Waals surface area contributed by atoms with Gasteiger partial charge in [0.1, 0.15) is 0 Å². The lowest BCUT2D eigenvalue weighted by molar-refractivity contribution is 0.338. The summed E-state index contributed by atoms with van der Waals surface area (Å²) in [4.78, 5) is 0. The van der Waals surface area contributed by atoms with Gasteiger partial charge < -0.3 is 4.74 Å². The van der Waals surface area contributed by atoms with Gasteiger partial charge in [0, 0.05) is 0 Å². The second-order valence-corrected chi connectivity index (χ2v) is 4.64. The Morgan fingerprint density at radius 2 is 1.93 bits per heavy atom. The molecule has 1 nitrogen and oxygen atoms in total. The van der Waals surface area contributed by atoms with Crippen molar-refractivity contribution in [2.45, 2.75) is 33.6 Å². The molecule has 0 unspecified atom stereocenters. The summed E-state index contributed by atoms with van der Waals surface area (Å²) in [5.41, 5.74) is 1.56. The largest absolute Gasteiger partial charge is 0.504 e. The summed E-state index contributed by atoms with van der Waals surface area (Å²) in [6, 6.07) is 0. The first-order valence-corrected chi connectivity index (χ1v) is 4.99. The predicted octanol–water partition coefficient (Wildman–Crippen LogP) is 4.09. The van der Waals surface area contributed by atoms with Crippen LogP contribution in [0.3, 0.4) is 0 Å². The fourth-order valence-electron chi connectivity index (χ4n) is 0.934. The summed E-state index contributed by atoms with van der Waals surface area (Å²) in [7, 11) is 1.64. The molecule has 0 aliphatic heterocycles. The SMILES string of the molecule is C=C(/C=C\C=C\OC)CCC(C)(C)C. The van der Waals surface area contributed by atoms with E-state index in [0.717, 1.165) is 6.42 Å². The van der Waals surface area contributed by atoms with Crippen molar-refractivity contribution in [1.29, 1.82) is 0 Å². The number of rotatable bonds is 5. The Morgan fingerprint density at radius 1 is 1.29 bits per heavy atom. The van der Waals surface area contributed by atoms with Gasteiger partial charge in [0.2, 0.25) is 0 Å². The van der Waals surface area contributed by atoms with Crippen LogP contribution < -0.4 is 0 Å². The van der Waals surface area contributed by atoms with E-state index in [2.05, 4.69) is 27.4 Å². The van der Waals surface area contributed by atoms with Gasteiger partial charge in [0.15, 0.2) is 0 Å². The molecule has 0 spiro atoms. The van der Waals surface area contributed by atoms with Crippen LogP contribution in [0.2, 0.25) is 0 Å². The summed E-state index contributed by atoms with van der Waals surface area (Å²) in [5, 5.41) is 0. The van der Waals surface area contributed by atoms with Gasteiger partial charge in [-0.05, 0) is 24.3 Å². The van der Waals surface area contributed by atoms with Gasteiger partial charge in [0.05, 0.1) is 13.4 Å². The standard InChI is InChI=1S/C13H22O/c1-12(8-6-7-11-14-5)9-10-13(2,3)4/h6-8,11H,1,9-10H2,2-5H3/b8-6-,11-7+.